The number of aliphatic hydroxyl groups is 2. The van der Waals surface area contributed by atoms with E-state index in [9.17, 15) is 62.7 Å². The number of nitrogens with zero attached hydrogens (tertiary/aromatic N) is 4. The Kier molecular flexibility index (Phi) is 18.1. The van der Waals surface area contributed by atoms with Gasteiger partial charge in [0, 0.05) is 30.7 Å². The van der Waals surface area contributed by atoms with Gasteiger partial charge < -0.3 is 57.4 Å². The smallest absolute Gasteiger partial charge is 1.00 e. The number of nitrogen functional groups attached to an aromatic ring is 1. The molecule has 1 fully saturated rings. The molecule has 11 N–H and O–H groups in total. The van der Waals surface area contributed by atoms with Crippen LogP contribution in [0, 0.1) is 5.41 Å². The van der Waals surface area contributed by atoms with E-state index in [2.05, 4.69) is 34.4 Å². The minimum atomic E-state index is -5.59. The van der Waals surface area contributed by atoms with E-state index in [4.69, 9.17) is 24.6 Å². The Bertz CT molecular complexity index is 1840. The molecule has 3 rings (SSSR count). The molecular weight excluding hydrogens is 822 g/mol. The second kappa shape index (κ2) is 20.4. The van der Waals surface area contributed by atoms with Crippen LogP contribution in [0.5, 0.6) is 0 Å². The second-order valence-corrected chi connectivity index (χ2v) is 17.2. The number of phosphoric ester groups is 3. The monoisotopic (exact) mass is 861 g/mol. The van der Waals surface area contributed by atoms with Gasteiger partial charge in [-0.1, -0.05) is 25.6 Å². The number of thioether (sulfide) groups is 1. The van der Waals surface area contributed by atoms with Gasteiger partial charge in [0.05, 0.1) is 19.5 Å². The zero-order valence-electron chi connectivity index (χ0n) is 30.1. The third-order valence-electron chi connectivity index (χ3n) is 7.06. The molecule has 26 nitrogen and oxygen atoms in total. The number of aliphatic hydroxyl groups excluding tert-OH is 2. The number of aromatic nitrogens is 4. The maximum absolute atomic E-state index is 12.6. The second-order valence-electron chi connectivity index (χ2n) is 11.9. The number of carboxylic acids is 1. The van der Waals surface area contributed by atoms with Crippen molar-refractivity contribution in [2.45, 2.75) is 57.3 Å². The predicted octanol–water partition coefficient (Wildman–Crippen LogP) is -4.74. The van der Waals surface area contributed by atoms with E-state index in [1.807, 2.05) is 0 Å². The van der Waals surface area contributed by atoms with Crippen molar-refractivity contribution < 1.29 is 111 Å². The quantitative estimate of drug-likeness (QED) is 0.0244. The molecule has 0 radical (unpaired) electrons. The largest absolute Gasteiger partial charge is 1.00 e. The Morgan fingerprint density at radius 2 is 1.73 bits per heavy atom. The molecule has 31 heteroatoms. The van der Waals surface area contributed by atoms with E-state index >= 15 is 0 Å². The summed E-state index contributed by atoms with van der Waals surface area (Å²) >= 11 is 0.718. The number of aliphatic carboxylic acids is 1. The van der Waals surface area contributed by atoms with Crippen LogP contribution in [-0.4, -0.2) is 134 Å². The molecular formula is C24H39LiN7O19P3S. The number of amides is 2. The molecule has 0 bridgehead atoms. The van der Waals surface area contributed by atoms with E-state index in [0.717, 1.165) is 29.0 Å². The molecule has 3 unspecified atom stereocenters. The Hall–Kier alpha value is -2.37. The van der Waals surface area contributed by atoms with Crippen LogP contribution in [0.4, 0.5) is 5.82 Å². The SMILES string of the molecule is CC(C)(COP(=O)(O)OP(=O)(O)OC[C@H]1O[C@@H](n2cnc3c(N)ncnc32)[C@H](O)[C@@H]1OP(=O)(O)O)C(O)C(=O)NCCC(=O)NCCSC(=O)CC(=O)O.[H-].[Li+]. The average Bonchev–Trinajstić information content (AvgIpc) is 3.60. The number of anilines is 1. The number of ether oxygens (including phenoxy) is 1. The van der Waals surface area contributed by atoms with Crippen LogP contribution >= 0.6 is 35.2 Å². The number of carbonyl (C=O) groups is 4. The molecule has 306 valence electrons. The van der Waals surface area contributed by atoms with E-state index in [1.165, 1.54) is 13.8 Å². The van der Waals surface area contributed by atoms with E-state index in [-0.39, 0.29) is 62.5 Å². The van der Waals surface area contributed by atoms with Gasteiger partial charge in [-0.05, 0) is 0 Å². The van der Waals surface area contributed by atoms with Crippen molar-refractivity contribution in [3.05, 3.63) is 12.7 Å². The number of nitrogens with one attached hydrogen (secondary N) is 2. The summed E-state index contributed by atoms with van der Waals surface area (Å²) in [6, 6.07) is 0. The molecule has 2 aromatic rings. The van der Waals surface area contributed by atoms with Gasteiger partial charge in [0.1, 0.15) is 42.7 Å². The first-order valence-corrected chi connectivity index (χ1v) is 20.7. The fourth-order valence-electron chi connectivity index (χ4n) is 4.47. The summed E-state index contributed by atoms with van der Waals surface area (Å²) in [5.74, 6) is -2.80. The zero-order chi connectivity index (χ0) is 40.6. The van der Waals surface area contributed by atoms with Gasteiger partial charge in [0.2, 0.25) is 11.8 Å². The summed E-state index contributed by atoms with van der Waals surface area (Å²) in [5.41, 5.74) is 4.19. The van der Waals surface area contributed by atoms with Crippen LogP contribution in [0.3, 0.4) is 0 Å². The fraction of sp³-hybridized carbons (Fsp3) is 0.625. The van der Waals surface area contributed by atoms with Gasteiger partial charge in [0.25, 0.3) is 0 Å². The van der Waals surface area contributed by atoms with Crippen molar-refractivity contribution in [2.75, 3.05) is 37.8 Å². The van der Waals surface area contributed by atoms with E-state index in [0.29, 0.717) is 0 Å². The summed E-state index contributed by atoms with van der Waals surface area (Å²) in [6.07, 6.45) is -7.78. The van der Waals surface area contributed by atoms with Gasteiger partial charge in [-0.15, -0.1) is 0 Å². The Morgan fingerprint density at radius 1 is 1.07 bits per heavy atom. The average molecular weight is 862 g/mol. The number of phosphoric acid groups is 3. The number of hydrogen-bond acceptors (Lipinski definition) is 19. The third-order valence-corrected chi connectivity index (χ3v) is 11.0. The van der Waals surface area contributed by atoms with Crippen LogP contribution < -0.4 is 35.2 Å². The zero-order valence-corrected chi connectivity index (χ0v) is 32.6. The molecule has 1 saturated heterocycles. The molecule has 55 heavy (non-hydrogen) atoms. The van der Waals surface area contributed by atoms with Crippen LogP contribution in [0.25, 0.3) is 11.2 Å². The molecule has 3 heterocycles. The number of imidazole rings is 1. The molecule has 0 spiro atoms. The summed E-state index contributed by atoms with van der Waals surface area (Å²) in [5, 5.41) is 34.0. The maximum Gasteiger partial charge on any atom is 1.00 e. The number of carboxylic acid groups (broad SMARTS) is 1. The standard InChI is InChI=1S/C24H38N7O19P3S.Li.H/c1-24(2,19(37)22(38)27-4-3-13(32)26-5-6-54-15(35)7-14(33)34)9-47-53(44,45)50-52(42,43)46-8-12-18(49-51(39,40)41)17(36)23(48-12)31-11-30-16-20(25)28-10-29-21(16)31;;/h10-12,17-19,23,36-37H,3-9H2,1-2H3,(H,26,32)(H,27,38)(H,33,34)(H,42,43)(H,44,45)(H2,25,28,29)(H2,39,40,41);;/q;+1;-1/t12-,17-,18-,19?,23-;;/m1../s1. The summed E-state index contributed by atoms with van der Waals surface area (Å²) in [7, 11) is -16.4. The first-order chi connectivity index (χ1) is 24.9. The normalized spacial score (nSPS) is 21.5. The molecule has 1 aliphatic rings. The molecule has 2 aromatic heterocycles. The van der Waals surface area contributed by atoms with Crippen LogP contribution in [-0.2, 0) is 55.5 Å². The molecule has 1 aliphatic heterocycles. The van der Waals surface area contributed by atoms with Crippen molar-refractivity contribution in [3.8, 4) is 0 Å². The summed E-state index contributed by atoms with van der Waals surface area (Å²) in [4.78, 5) is 97.0. The van der Waals surface area contributed by atoms with Crippen molar-refractivity contribution >= 4 is 75.1 Å². The number of rotatable bonds is 21. The first kappa shape index (κ1) is 48.8. The minimum absolute atomic E-state index is 0. The Labute approximate surface area is 328 Å². The molecule has 2 amide bonds. The fourth-order valence-corrected chi connectivity index (χ4v) is 7.96. The number of carbonyl (C=O) groups excluding carboxylic acids is 3. The van der Waals surface area contributed by atoms with Crippen LogP contribution in [0.1, 0.15) is 34.3 Å². The van der Waals surface area contributed by atoms with Gasteiger partial charge in [0.15, 0.2) is 22.8 Å². The topological polar surface area (TPSA) is 401 Å². The first-order valence-electron chi connectivity index (χ1n) is 15.2. The number of fused-ring (bicyclic) bond motifs is 1. The van der Waals surface area contributed by atoms with Gasteiger partial charge in [-0.3, -0.25) is 37.3 Å². The minimum Gasteiger partial charge on any atom is -1.00 e. The Balaban J connectivity index is 0.00000784. The summed E-state index contributed by atoms with van der Waals surface area (Å²) in [6.45, 7) is 0.132. The molecule has 0 saturated carbocycles. The predicted molar refractivity (Wildman–Crippen MR) is 180 cm³/mol. The van der Waals surface area contributed by atoms with Crippen LogP contribution in [0.15, 0.2) is 12.7 Å². The van der Waals surface area contributed by atoms with Crippen molar-refractivity contribution in [2.24, 2.45) is 5.41 Å². The van der Waals surface area contributed by atoms with E-state index < -0.39 is 102 Å². The molecule has 7 atom stereocenters. The third kappa shape index (κ3) is 15.1. The number of nitrogens with two attached hydrogens (primary N) is 1. The number of hydrogen-bond donors (Lipinski definition) is 10. The van der Waals surface area contributed by atoms with Crippen molar-refractivity contribution in [1.29, 1.82) is 0 Å². The van der Waals surface area contributed by atoms with Crippen LogP contribution in [0.2, 0.25) is 0 Å². The maximum atomic E-state index is 12.6. The van der Waals surface area contributed by atoms with Crippen molar-refractivity contribution in [3.63, 3.8) is 0 Å². The molecule has 0 aliphatic carbocycles. The Morgan fingerprint density at radius 3 is 2.36 bits per heavy atom. The van der Waals surface area contributed by atoms with Crippen molar-refractivity contribution in [1.82, 2.24) is 30.2 Å². The van der Waals surface area contributed by atoms with Gasteiger partial charge in [-0.2, -0.15) is 4.31 Å². The van der Waals surface area contributed by atoms with Gasteiger partial charge >= 0.3 is 48.3 Å². The van der Waals surface area contributed by atoms with E-state index in [1.54, 1.807) is 0 Å². The summed E-state index contributed by atoms with van der Waals surface area (Å²) < 4.78 is 61.8. The molecule has 0 aromatic carbocycles. The van der Waals surface area contributed by atoms with Gasteiger partial charge in [-0.25, -0.2) is 28.6 Å².